The minimum absolute atomic E-state index is 0.0820. The summed E-state index contributed by atoms with van der Waals surface area (Å²) in [5.74, 6) is 0.411. The molecule has 11 heteroatoms. The molecule has 0 fully saturated rings. The second-order valence-corrected chi connectivity index (χ2v) is 8.62. The Morgan fingerprint density at radius 3 is 2.47 bits per heavy atom. The van der Waals surface area contributed by atoms with Crippen LogP contribution in [0.25, 0.3) is 0 Å². The van der Waals surface area contributed by atoms with Crippen molar-refractivity contribution in [1.82, 2.24) is 9.97 Å². The number of sulfonamides is 1. The molecule has 3 aromatic rings. The molecule has 158 valence electrons. The molecule has 0 saturated heterocycles. The van der Waals surface area contributed by atoms with E-state index >= 15 is 0 Å². The molecule has 0 bridgehead atoms. The fourth-order valence-corrected chi connectivity index (χ4v) is 4.22. The molecule has 1 atom stereocenters. The van der Waals surface area contributed by atoms with Crippen molar-refractivity contribution < 1.29 is 17.9 Å². The van der Waals surface area contributed by atoms with Gasteiger partial charge in [-0.15, -0.1) is 0 Å². The summed E-state index contributed by atoms with van der Waals surface area (Å²) in [6.07, 6.45) is 1.26. The maximum atomic E-state index is 12.7. The number of benzene rings is 2. The zero-order valence-electron chi connectivity index (χ0n) is 16.0. The molecule has 0 aliphatic carbocycles. The average molecular weight is 469 g/mol. The smallest absolute Gasteiger partial charge is 0.264 e. The predicted molar refractivity (Wildman–Crippen MR) is 115 cm³/mol. The summed E-state index contributed by atoms with van der Waals surface area (Å²) in [4.78, 5) is 8.00. The number of rotatable bonds is 7. The average Bonchev–Trinajstić information content (AvgIpc) is 2.71. The molecule has 0 saturated carbocycles. The number of methoxy groups -OCH3 is 1. The van der Waals surface area contributed by atoms with Crippen molar-refractivity contribution in [2.75, 3.05) is 11.8 Å². The van der Waals surface area contributed by atoms with Crippen LogP contribution < -0.4 is 19.9 Å². The van der Waals surface area contributed by atoms with Crippen LogP contribution in [0.1, 0.15) is 18.5 Å². The lowest BCUT2D eigenvalue weighted by atomic mass is 10.1. The summed E-state index contributed by atoms with van der Waals surface area (Å²) in [6, 6.07) is 11.3. The topological polar surface area (TPSA) is 116 Å². The van der Waals surface area contributed by atoms with Crippen LogP contribution in [-0.4, -0.2) is 25.5 Å². The van der Waals surface area contributed by atoms with Gasteiger partial charge in [0.15, 0.2) is 0 Å². The third-order valence-corrected chi connectivity index (χ3v) is 6.29. The molecule has 0 aliphatic heterocycles. The Labute approximate surface area is 184 Å². The SMILES string of the molecule is COc1nc(Oc2ccc(C(C)N)cc2)cnc1NS(=O)(=O)c1cccc(Cl)c1Cl. The van der Waals surface area contributed by atoms with Gasteiger partial charge in [0.1, 0.15) is 10.6 Å². The van der Waals surface area contributed by atoms with Gasteiger partial charge in [0.2, 0.25) is 11.7 Å². The highest BCUT2D eigenvalue weighted by atomic mass is 35.5. The number of anilines is 1. The number of nitrogens with zero attached hydrogens (tertiary/aromatic N) is 2. The van der Waals surface area contributed by atoms with E-state index in [9.17, 15) is 8.42 Å². The van der Waals surface area contributed by atoms with E-state index in [-0.39, 0.29) is 38.6 Å². The van der Waals surface area contributed by atoms with Crippen LogP contribution in [0, 0.1) is 0 Å². The zero-order valence-corrected chi connectivity index (χ0v) is 18.3. The predicted octanol–water partition coefficient (Wildman–Crippen LogP) is 4.40. The summed E-state index contributed by atoms with van der Waals surface area (Å²) >= 11 is 11.9. The standard InChI is InChI=1S/C19H18Cl2N4O4S/c1-11(22)12-6-8-13(9-7-12)29-16-10-23-18(19(24-16)28-2)25-30(26,27)15-5-3-4-14(20)17(15)21/h3-11H,22H2,1-2H3,(H,23,25). The zero-order chi connectivity index (χ0) is 21.9. The van der Waals surface area contributed by atoms with Crippen molar-refractivity contribution in [3.8, 4) is 17.5 Å². The monoisotopic (exact) mass is 468 g/mol. The third-order valence-electron chi connectivity index (χ3n) is 3.98. The lowest BCUT2D eigenvalue weighted by Gasteiger charge is -2.13. The van der Waals surface area contributed by atoms with Crippen LogP contribution in [0.2, 0.25) is 10.0 Å². The van der Waals surface area contributed by atoms with E-state index in [1.54, 1.807) is 12.1 Å². The van der Waals surface area contributed by atoms with Gasteiger partial charge in [-0.1, -0.05) is 41.4 Å². The molecule has 0 aliphatic rings. The number of ether oxygens (including phenoxy) is 2. The molecule has 2 aromatic carbocycles. The number of halogens is 2. The van der Waals surface area contributed by atoms with Crippen LogP contribution in [-0.2, 0) is 10.0 Å². The highest BCUT2D eigenvalue weighted by Gasteiger charge is 2.23. The summed E-state index contributed by atoms with van der Waals surface area (Å²) in [5, 5.41) is 0.00479. The first kappa shape index (κ1) is 22.1. The Balaban J connectivity index is 1.84. The first-order valence-corrected chi connectivity index (χ1v) is 10.9. The molecule has 1 unspecified atom stereocenters. The third kappa shape index (κ3) is 4.93. The summed E-state index contributed by atoms with van der Waals surface area (Å²) in [6.45, 7) is 1.88. The molecule has 3 N–H and O–H groups in total. The number of hydrogen-bond acceptors (Lipinski definition) is 7. The summed E-state index contributed by atoms with van der Waals surface area (Å²) in [7, 11) is -2.76. The number of nitrogens with two attached hydrogens (primary N) is 1. The highest BCUT2D eigenvalue weighted by Crippen LogP contribution is 2.32. The van der Waals surface area contributed by atoms with Crippen LogP contribution >= 0.6 is 23.2 Å². The molecule has 1 aromatic heterocycles. The first-order valence-electron chi connectivity index (χ1n) is 8.62. The normalized spacial score (nSPS) is 12.3. The van der Waals surface area contributed by atoms with Crippen LogP contribution in [0.5, 0.6) is 17.5 Å². The van der Waals surface area contributed by atoms with Crippen molar-refractivity contribution >= 4 is 39.0 Å². The van der Waals surface area contributed by atoms with E-state index in [1.165, 1.54) is 31.5 Å². The van der Waals surface area contributed by atoms with Crippen molar-refractivity contribution in [3.05, 3.63) is 64.3 Å². The maximum absolute atomic E-state index is 12.7. The van der Waals surface area contributed by atoms with Crippen LogP contribution in [0.15, 0.2) is 53.6 Å². The van der Waals surface area contributed by atoms with Gasteiger partial charge in [-0.3, -0.25) is 4.72 Å². The van der Waals surface area contributed by atoms with E-state index in [1.807, 2.05) is 19.1 Å². The van der Waals surface area contributed by atoms with Gasteiger partial charge in [0.25, 0.3) is 15.9 Å². The molecule has 1 heterocycles. The Bertz CT molecular complexity index is 1160. The summed E-state index contributed by atoms with van der Waals surface area (Å²) in [5.41, 5.74) is 6.78. The van der Waals surface area contributed by atoms with Crippen LogP contribution in [0.4, 0.5) is 5.82 Å². The van der Waals surface area contributed by atoms with Gasteiger partial charge in [-0.05, 0) is 36.8 Å². The second-order valence-electron chi connectivity index (χ2n) is 6.18. The van der Waals surface area contributed by atoms with Crippen molar-refractivity contribution in [1.29, 1.82) is 0 Å². The fourth-order valence-electron chi connectivity index (χ4n) is 2.45. The van der Waals surface area contributed by atoms with Gasteiger partial charge < -0.3 is 15.2 Å². The van der Waals surface area contributed by atoms with E-state index in [4.69, 9.17) is 38.4 Å². The fraction of sp³-hybridized carbons (Fsp3) is 0.158. The first-order chi connectivity index (χ1) is 14.2. The summed E-state index contributed by atoms with van der Waals surface area (Å²) < 4.78 is 38.5. The Kier molecular flexibility index (Phi) is 6.67. The Hall–Kier alpha value is -2.59. The molecule has 8 nitrogen and oxygen atoms in total. The van der Waals surface area contributed by atoms with Gasteiger partial charge in [0.05, 0.1) is 23.4 Å². The Morgan fingerprint density at radius 2 is 1.83 bits per heavy atom. The molecule has 3 rings (SSSR count). The maximum Gasteiger partial charge on any atom is 0.264 e. The second kappa shape index (κ2) is 9.05. The molecular weight excluding hydrogens is 451 g/mol. The van der Waals surface area contributed by atoms with E-state index in [0.717, 1.165) is 5.56 Å². The quantitative estimate of drug-likeness (QED) is 0.527. The Morgan fingerprint density at radius 1 is 1.13 bits per heavy atom. The molecular formula is C19H18Cl2N4O4S. The largest absolute Gasteiger partial charge is 0.478 e. The minimum atomic E-state index is -4.09. The van der Waals surface area contributed by atoms with Crippen molar-refractivity contribution in [2.45, 2.75) is 17.9 Å². The van der Waals surface area contributed by atoms with Gasteiger partial charge in [0, 0.05) is 6.04 Å². The molecule has 0 spiro atoms. The molecule has 30 heavy (non-hydrogen) atoms. The number of aromatic nitrogens is 2. The van der Waals surface area contributed by atoms with Gasteiger partial charge in [-0.25, -0.2) is 13.4 Å². The van der Waals surface area contributed by atoms with Crippen LogP contribution in [0.3, 0.4) is 0 Å². The lowest BCUT2D eigenvalue weighted by molar-refractivity contribution is 0.382. The van der Waals surface area contributed by atoms with Crippen molar-refractivity contribution in [2.24, 2.45) is 5.73 Å². The van der Waals surface area contributed by atoms with Gasteiger partial charge in [-0.2, -0.15) is 4.98 Å². The number of hydrogen-bond donors (Lipinski definition) is 2. The van der Waals surface area contributed by atoms with Crippen molar-refractivity contribution in [3.63, 3.8) is 0 Å². The number of nitrogens with one attached hydrogen (secondary N) is 1. The highest BCUT2D eigenvalue weighted by molar-refractivity contribution is 7.92. The lowest BCUT2D eigenvalue weighted by Crippen LogP contribution is -2.15. The van der Waals surface area contributed by atoms with E-state index in [0.29, 0.717) is 5.75 Å². The van der Waals surface area contributed by atoms with E-state index in [2.05, 4.69) is 14.7 Å². The van der Waals surface area contributed by atoms with Gasteiger partial charge >= 0.3 is 0 Å². The molecule has 0 radical (unpaired) electrons. The van der Waals surface area contributed by atoms with E-state index < -0.39 is 10.0 Å². The molecule has 0 amide bonds. The minimum Gasteiger partial charge on any atom is -0.478 e.